The molecule has 6 nitrogen and oxygen atoms in total. The number of amides is 1. The van der Waals surface area contributed by atoms with Gasteiger partial charge in [0.15, 0.2) is 0 Å². The second-order valence-electron chi connectivity index (χ2n) is 4.10. The highest BCUT2D eigenvalue weighted by Crippen LogP contribution is 1.93. The topological polar surface area (TPSA) is 71.4 Å². The van der Waals surface area contributed by atoms with Gasteiger partial charge in [0.2, 0.25) is 0 Å². The molecular weight excluding hydrogens is 234 g/mol. The highest BCUT2D eigenvalue weighted by molar-refractivity contribution is 5.94. The molecule has 0 spiro atoms. The normalized spacial score (nSPS) is 10.4. The summed E-state index contributed by atoms with van der Waals surface area (Å²) >= 11 is 0. The third-order valence-corrected chi connectivity index (χ3v) is 2.40. The lowest BCUT2D eigenvalue weighted by molar-refractivity contribution is -0.107. The van der Waals surface area contributed by atoms with Crippen molar-refractivity contribution in [1.29, 1.82) is 0 Å². The van der Waals surface area contributed by atoms with Crippen LogP contribution in [0.3, 0.4) is 0 Å². The summed E-state index contributed by atoms with van der Waals surface area (Å²) in [4.78, 5) is 35.7. The van der Waals surface area contributed by atoms with Crippen LogP contribution >= 0.6 is 0 Å². The molecule has 0 radical (unpaired) electrons. The van der Waals surface area contributed by atoms with Crippen LogP contribution in [0.15, 0.2) is 23.1 Å². The lowest BCUT2D eigenvalue weighted by Crippen LogP contribution is -2.34. The van der Waals surface area contributed by atoms with Gasteiger partial charge in [0.1, 0.15) is 11.8 Å². The van der Waals surface area contributed by atoms with Gasteiger partial charge in [-0.1, -0.05) is 0 Å². The van der Waals surface area contributed by atoms with Crippen LogP contribution in [0, 0.1) is 0 Å². The fraction of sp³-hybridized carbons (Fsp3) is 0.417. The minimum absolute atomic E-state index is 0.0538. The quantitative estimate of drug-likeness (QED) is 0.681. The highest BCUT2D eigenvalue weighted by Gasteiger charge is 2.11. The fourth-order valence-corrected chi connectivity index (χ4v) is 1.42. The molecule has 0 unspecified atom stereocenters. The standard InChI is InChI=1S/C12H17N3O3/c1-14(2)7-8-15-6-3-4-10(12(15)18)11(17)13-5-9-16/h3-4,6,9H,5,7-8H2,1-2H3,(H,13,17). The maximum absolute atomic E-state index is 12.0. The zero-order valence-corrected chi connectivity index (χ0v) is 10.5. The molecule has 1 N–H and O–H groups in total. The lowest BCUT2D eigenvalue weighted by atomic mass is 10.2. The minimum atomic E-state index is -0.522. The molecule has 0 saturated carbocycles. The average molecular weight is 251 g/mol. The van der Waals surface area contributed by atoms with Gasteiger partial charge in [-0.05, 0) is 26.2 Å². The molecule has 18 heavy (non-hydrogen) atoms. The molecule has 0 aliphatic rings. The number of carbonyl (C=O) groups is 2. The minimum Gasteiger partial charge on any atom is -0.345 e. The molecule has 6 heteroatoms. The number of carbonyl (C=O) groups excluding carboxylic acids is 2. The van der Waals surface area contributed by atoms with E-state index >= 15 is 0 Å². The van der Waals surface area contributed by atoms with Crippen molar-refractivity contribution in [1.82, 2.24) is 14.8 Å². The van der Waals surface area contributed by atoms with Crippen LogP contribution in [0.4, 0.5) is 0 Å². The van der Waals surface area contributed by atoms with Crippen LogP contribution in [0.2, 0.25) is 0 Å². The number of hydrogen-bond acceptors (Lipinski definition) is 4. The molecular formula is C12H17N3O3. The Kier molecular flexibility index (Phi) is 5.26. The molecule has 0 aromatic carbocycles. The van der Waals surface area contributed by atoms with Crippen molar-refractivity contribution >= 4 is 12.2 Å². The van der Waals surface area contributed by atoms with E-state index in [1.54, 1.807) is 12.3 Å². The monoisotopic (exact) mass is 251 g/mol. The summed E-state index contributed by atoms with van der Waals surface area (Å²) in [7, 11) is 3.82. The van der Waals surface area contributed by atoms with E-state index in [4.69, 9.17) is 0 Å². The molecule has 0 aliphatic carbocycles. The number of nitrogens with zero attached hydrogens (tertiary/aromatic N) is 2. The van der Waals surface area contributed by atoms with Gasteiger partial charge in [-0.2, -0.15) is 0 Å². The van der Waals surface area contributed by atoms with E-state index in [1.807, 2.05) is 19.0 Å². The van der Waals surface area contributed by atoms with E-state index in [2.05, 4.69) is 5.32 Å². The maximum atomic E-state index is 12.0. The third kappa shape index (κ3) is 3.81. The van der Waals surface area contributed by atoms with E-state index in [9.17, 15) is 14.4 Å². The average Bonchev–Trinajstić information content (AvgIpc) is 2.34. The van der Waals surface area contributed by atoms with Crippen molar-refractivity contribution < 1.29 is 9.59 Å². The predicted molar refractivity (Wildman–Crippen MR) is 67.7 cm³/mol. The Labute approximate surface area is 105 Å². The van der Waals surface area contributed by atoms with Crippen molar-refractivity contribution in [3.63, 3.8) is 0 Å². The van der Waals surface area contributed by atoms with E-state index in [0.717, 1.165) is 0 Å². The van der Waals surface area contributed by atoms with Crippen molar-refractivity contribution in [2.24, 2.45) is 0 Å². The van der Waals surface area contributed by atoms with Crippen molar-refractivity contribution in [3.05, 3.63) is 34.2 Å². The number of aromatic nitrogens is 1. The van der Waals surface area contributed by atoms with Crippen LogP contribution in [-0.2, 0) is 11.3 Å². The zero-order valence-electron chi connectivity index (χ0n) is 10.5. The van der Waals surface area contributed by atoms with Crippen LogP contribution in [0.25, 0.3) is 0 Å². The first kappa shape index (κ1) is 14.1. The molecule has 0 bridgehead atoms. The molecule has 0 fully saturated rings. The van der Waals surface area contributed by atoms with E-state index in [-0.39, 0.29) is 17.7 Å². The molecule has 0 aliphatic heterocycles. The number of likely N-dealkylation sites (N-methyl/N-ethyl adjacent to an activating group) is 1. The van der Waals surface area contributed by atoms with Crippen LogP contribution < -0.4 is 10.9 Å². The number of rotatable bonds is 6. The fourth-order valence-electron chi connectivity index (χ4n) is 1.42. The molecule has 1 rings (SSSR count). The summed E-state index contributed by atoms with van der Waals surface area (Å²) < 4.78 is 1.48. The first-order valence-electron chi connectivity index (χ1n) is 5.62. The molecule has 1 heterocycles. The largest absolute Gasteiger partial charge is 0.345 e. The summed E-state index contributed by atoms with van der Waals surface area (Å²) in [5.41, 5.74) is -0.291. The first-order valence-corrected chi connectivity index (χ1v) is 5.62. The van der Waals surface area contributed by atoms with Gasteiger partial charge in [0, 0.05) is 19.3 Å². The van der Waals surface area contributed by atoms with E-state index < -0.39 is 5.91 Å². The van der Waals surface area contributed by atoms with Gasteiger partial charge in [0.05, 0.1) is 6.54 Å². The van der Waals surface area contributed by atoms with Crippen molar-refractivity contribution in [2.45, 2.75) is 6.54 Å². The summed E-state index contributed by atoms with van der Waals surface area (Å²) in [6, 6.07) is 3.10. The predicted octanol–water partition coefficient (Wildman–Crippen LogP) is -0.661. The molecule has 1 aromatic heterocycles. The van der Waals surface area contributed by atoms with Crippen molar-refractivity contribution in [2.75, 3.05) is 27.2 Å². The molecule has 1 aromatic rings. The first-order chi connectivity index (χ1) is 8.56. The van der Waals surface area contributed by atoms with Crippen LogP contribution in [0.1, 0.15) is 10.4 Å². The summed E-state index contributed by atoms with van der Waals surface area (Å²) in [6.07, 6.45) is 2.22. The Morgan fingerprint density at radius 2 is 2.22 bits per heavy atom. The van der Waals surface area contributed by atoms with Gasteiger partial charge >= 0.3 is 0 Å². The maximum Gasteiger partial charge on any atom is 0.263 e. The van der Waals surface area contributed by atoms with Gasteiger partial charge in [0.25, 0.3) is 11.5 Å². The molecule has 0 saturated heterocycles. The van der Waals surface area contributed by atoms with Gasteiger partial charge in [-0.15, -0.1) is 0 Å². The number of aldehydes is 1. The Balaban J connectivity index is 2.87. The summed E-state index contributed by atoms with van der Waals surface area (Å²) in [6.45, 7) is 1.13. The molecule has 1 amide bonds. The van der Waals surface area contributed by atoms with Gasteiger partial charge in [-0.25, -0.2) is 0 Å². The molecule has 98 valence electrons. The van der Waals surface area contributed by atoms with Gasteiger partial charge < -0.3 is 19.6 Å². The summed E-state index contributed by atoms with van der Waals surface area (Å²) in [5, 5.41) is 2.35. The summed E-state index contributed by atoms with van der Waals surface area (Å²) in [5.74, 6) is -0.522. The van der Waals surface area contributed by atoms with Crippen LogP contribution in [-0.4, -0.2) is 48.8 Å². The Morgan fingerprint density at radius 1 is 1.50 bits per heavy atom. The number of hydrogen-bond donors (Lipinski definition) is 1. The SMILES string of the molecule is CN(C)CCn1cccc(C(=O)NCC=O)c1=O. The highest BCUT2D eigenvalue weighted by atomic mass is 16.2. The zero-order chi connectivity index (χ0) is 13.5. The third-order valence-electron chi connectivity index (χ3n) is 2.40. The smallest absolute Gasteiger partial charge is 0.263 e. The second-order valence-corrected chi connectivity index (χ2v) is 4.10. The van der Waals surface area contributed by atoms with Crippen molar-refractivity contribution in [3.8, 4) is 0 Å². The second kappa shape index (κ2) is 6.70. The lowest BCUT2D eigenvalue weighted by Gasteiger charge is -2.11. The van der Waals surface area contributed by atoms with E-state index in [1.165, 1.54) is 10.6 Å². The Bertz CT molecular complexity index is 480. The number of nitrogens with one attached hydrogen (secondary N) is 1. The van der Waals surface area contributed by atoms with Crippen LogP contribution in [0.5, 0.6) is 0 Å². The number of pyridine rings is 1. The Hall–Kier alpha value is -1.95. The van der Waals surface area contributed by atoms with Gasteiger partial charge in [-0.3, -0.25) is 9.59 Å². The Morgan fingerprint density at radius 3 is 2.83 bits per heavy atom. The molecule has 0 atom stereocenters. The van der Waals surface area contributed by atoms with E-state index in [0.29, 0.717) is 19.4 Å².